The highest BCUT2D eigenvalue weighted by Gasteiger charge is 2.20. The van der Waals surface area contributed by atoms with E-state index in [4.69, 9.17) is 5.73 Å². The maximum Gasteiger partial charge on any atom is 0.196 e. The summed E-state index contributed by atoms with van der Waals surface area (Å²) in [6, 6.07) is 0. The third-order valence-electron chi connectivity index (χ3n) is 2.04. The van der Waals surface area contributed by atoms with Gasteiger partial charge in [0.05, 0.1) is 22.1 Å². The van der Waals surface area contributed by atoms with Gasteiger partial charge in [-0.15, -0.1) is 0 Å². The highest BCUT2D eigenvalue weighted by Crippen LogP contribution is 2.27. The van der Waals surface area contributed by atoms with Crippen molar-refractivity contribution in [3.63, 3.8) is 0 Å². The number of sulfone groups is 1. The lowest BCUT2D eigenvalue weighted by atomic mass is 10.3. The first kappa shape index (κ1) is 12.4. The van der Waals surface area contributed by atoms with Crippen LogP contribution in [-0.2, 0) is 9.84 Å². The number of hydrogen-bond donors (Lipinski definition) is 1. The van der Waals surface area contributed by atoms with E-state index in [2.05, 4.69) is 20.9 Å². The molecule has 4 nitrogen and oxygen atoms in total. The van der Waals surface area contributed by atoms with E-state index in [0.717, 1.165) is 0 Å². The summed E-state index contributed by atoms with van der Waals surface area (Å²) < 4.78 is 24.0. The minimum absolute atomic E-state index is 0.0797. The van der Waals surface area contributed by atoms with Gasteiger partial charge in [0, 0.05) is 0 Å². The number of nitrogen functional groups attached to an aromatic ring is 1. The molecule has 84 valence electrons. The van der Waals surface area contributed by atoms with Crippen LogP contribution in [-0.4, -0.2) is 19.2 Å². The smallest absolute Gasteiger partial charge is 0.196 e. The SMILES string of the molecule is CCCS(=O)(=O)c1ncc(N)c(C)c1Br. The molecule has 0 saturated heterocycles. The molecule has 0 radical (unpaired) electrons. The fourth-order valence-corrected chi connectivity index (χ4v) is 3.59. The van der Waals surface area contributed by atoms with Crippen LogP contribution in [0, 0.1) is 6.92 Å². The van der Waals surface area contributed by atoms with Crippen molar-refractivity contribution in [1.82, 2.24) is 4.98 Å². The molecule has 0 aromatic carbocycles. The zero-order chi connectivity index (χ0) is 11.6. The Morgan fingerprint density at radius 3 is 2.67 bits per heavy atom. The van der Waals surface area contributed by atoms with Crippen molar-refractivity contribution in [2.24, 2.45) is 0 Å². The molecule has 6 heteroatoms. The summed E-state index contributed by atoms with van der Waals surface area (Å²) in [7, 11) is -3.29. The number of anilines is 1. The fourth-order valence-electron chi connectivity index (χ4n) is 1.15. The molecule has 0 atom stereocenters. The molecule has 0 unspecified atom stereocenters. The van der Waals surface area contributed by atoms with Crippen LogP contribution in [0.2, 0.25) is 0 Å². The van der Waals surface area contributed by atoms with E-state index in [0.29, 0.717) is 22.1 Å². The molecule has 0 saturated carbocycles. The van der Waals surface area contributed by atoms with E-state index in [-0.39, 0.29) is 10.8 Å². The van der Waals surface area contributed by atoms with Crippen molar-refractivity contribution in [3.05, 3.63) is 16.2 Å². The molecular weight excluding hydrogens is 280 g/mol. The molecule has 0 spiro atoms. The van der Waals surface area contributed by atoms with Crippen LogP contribution in [0.15, 0.2) is 15.7 Å². The zero-order valence-corrected chi connectivity index (χ0v) is 11.0. The van der Waals surface area contributed by atoms with Crippen molar-refractivity contribution < 1.29 is 8.42 Å². The average Bonchev–Trinajstić information content (AvgIpc) is 2.13. The predicted molar refractivity (Wildman–Crippen MR) is 63.4 cm³/mol. The average molecular weight is 293 g/mol. The molecule has 1 heterocycles. The Balaban J connectivity index is 3.34. The second-order valence-electron chi connectivity index (χ2n) is 3.28. The van der Waals surface area contributed by atoms with Crippen LogP contribution in [0.5, 0.6) is 0 Å². The third kappa shape index (κ3) is 2.49. The summed E-state index contributed by atoms with van der Waals surface area (Å²) in [5, 5.41) is 0.0797. The molecule has 1 rings (SSSR count). The minimum atomic E-state index is -3.29. The molecular formula is C9H13BrN2O2S. The molecule has 0 aliphatic rings. The number of pyridine rings is 1. The third-order valence-corrected chi connectivity index (χ3v) is 5.12. The number of nitrogens with zero attached hydrogens (tertiary/aromatic N) is 1. The minimum Gasteiger partial charge on any atom is -0.397 e. The number of nitrogens with two attached hydrogens (primary N) is 1. The molecule has 0 amide bonds. The van der Waals surface area contributed by atoms with Gasteiger partial charge in [-0.2, -0.15) is 0 Å². The van der Waals surface area contributed by atoms with E-state index >= 15 is 0 Å². The van der Waals surface area contributed by atoms with E-state index in [1.807, 2.05) is 6.92 Å². The van der Waals surface area contributed by atoms with Crippen molar-refractivity contribution >= 4 is 31.5 Å². The molecule has 1 aromatic rings. The Hall–Kier alpha value is -0.620. The lowest BCUT2D eigenvalue weighted by Gasteiger charge is -2.08. The number of rotatable bonds is 3. The van der Waals surface area contributed by atoms with Crippen molar-refractivity contribution in [3.8, 4) is 0 Å². The molecule has 0 fully saturated rings. The second kappa shape index (κ2) is 4.49. The second-order valence-corrected chi connectivity index (χ2v) is 6.09. The van der Waals surface area contributed by atoms with Gasteiger partial charge in [-0.25, -0.2) is 13.4 Å². The first-order valence-electron chi connectivity index (χ1n) is 4.53. The fraction of sp³-hybridized carbons (Fsp3) is 0.444. The summed E-state index contributed by atoms with van der Waals surface area (Å²) in [5.74, 6) is 0.0992. The van der Waals surface area contributed by atoms with Crippen molar-refractivity contribution in [1.29, 1.82) is 0 Å². The highest BCUT2D eigenvalue weighted by atomic mass is 79.9. The van der Waals surface area contributed by atoms with Crippen LogP contribution in [0.25, 0.3) is 0 Å². The first-order chi connectivity index (χ1) is 6.90. The normalized spacial score (nSPS) is 11.7. The predicted octanol–water partition coefficient (Wildman–Crippen LogP) is 1.92. The van der Waals surface area contributed by atoms with Crippen LogP contribution >= 0.6 is 15.9 Å². The molecule has 0 aliphatic heterocycles. The van der Waals surface area contributed by atoms with E-state index in [1.54, 1.807) is 6.92 Å². The quantitative estimate of drug-likeness (QED) is 0.924. The lowest BCUT2D eigenvalue weighted by molar-refractivity contribution is 0.590. The maximum atomic E-state index is 11.8. The number of hydrogen-bond acceptors (Lipinski definition) is 4. The molecule has 2 N–H and O–H groups in total. The number of aromatic nitrogens is 1. The van der Waals surface area contributed by atoms with Crippen LogP contribution in [0.4, 0.5) is 5.69 Å². The monoisotopic (exact) mass is 292 g/mol. The Morgan fingerprint density at radius 2 is 2.13 bits per heavy atom. The summed E-state index contributed by atoms with van der Waals surface area (Å²) in [4.78, 5) is 3.87. The Kier molecular flexibility index (Phi) is 3.72. The first-order valence-corrected chi connectivity index (χ1v) is 6.98. The molecule has 0 bridgehead atoms. The maximum absolute atomic E-state index is 11.8. The van der Waals surface area contributed by atoms with Gasteiger partial charge in [-0.05, 0) is 34.8 Å². The Bertz CT molecular complexity index is 471. The molecule has 1 aromatic heterocycles. The summed E-state index contributed by atoms with van der Waals surface area (Å²) in [6.07, 6.45) is 1.95. The van der Waals surface area contributed by atoms with Gasteiger partial charge in [0.2, 0.25) is 0 Å². The summed E-state index contributed by atoms with van der Waals surface area (Å²) >= 11 is 3.22. The van der Waals surface area contributed by atoms with Crippen molar-refractivity contribution in [2.45, 2.75) is 25.3 Å². The van der Waals surface area contributed by atoms with E-state index < -0.39 is 9.84 Å². The van der Waals surface area contributed by atoms with Gasteiger partial charge < -0.3 is 5.73 Å². The van der Waals surface area contributed by atoms with Gasteiger partial charge in [-0.1, -0.05) is 6.92 Å². The van der Waals surface area contributed by atoms with Crippen molar-refractivity contribution in [2.75, 3.05) is 11.5 Å². The summed E-state index contributed by atoms with van der Waals surface area (Å²) in [6.45, 7) is 3.57. The van der Waals surface area contributed by atoms with Gasteiger partial charge in [0.15, 0.2) is 14.9 Å². The van der Waals surface area contributed by atoms with Crippen LogP contribution in [0.3, 0.4) is 0 Å². The largest absolute Gasteiger partial charge is 0.397 e. The molecule has 15 heavy (non-hydrogen) atoms. The zero-order valence-electron chi connectivity index (χ0n) is 8.62. The Labute approximate surface area is 97.9 Å². The van der Waals surface area contributed by atoms with Gasteiger partial charge in [-0.3, -0.25) is 0 Å². The Morgan fingerprint density at radius 1 is 1.53 bits per heavy atom. The topological polar surface area (TPSA) is 73.0 Å². The van der Waals surface area contributed by atoms with Gasteiger partial charge in [0.25, 0.3) is 0 Å². The van der Waals surface area contributed by atoms with Gasteiger partial charge in [0.1, 0.15) is 0 Å². The standard InChI is InChI=1S/C9H13BrN2O2S/c1-3-4-15(13,14)9-8(10)6(2)7(11)5-12-9/h5H,3-4,11H2,1-2H3. The number of halogens is 1. The van der Waals surface area contributed by atoms with Crippen LogP contribution < -0.4 is 5.73 Å². The molecule has 0 aliphatic carbocycles. The van der Waals surface area contributed by atoms with Gasteiger partial charge >= 0.3 is 0 Å². The summed E-state index contributed by atoms with van der Waals surface area (Å²) in [5.41, 5.74) is 6.81. The lowest BCUT2D eigenvalue weighted by Crippen LogP contribution is -2.10. The van der Waals surface area contributed by atoms with Crippen LogP contribution in [0.1, 0.15) is 18.9 Å². The highest BCUT2D eigenvalue weighted by molar-refractivity contribution is 9.10. The van der Waals surface area contributed by atoms with E-state index in [1.165, 1.54) is 6.20 Å². The van der Waals surface area contributed by atoms with E-state index in [9.17, 15) is 8.42 Å².